The van der Waals surface area contributed by atoms with E-state index in [1.165, 1.54) is 5.69 Å². The highest BCUT2D eigenvalue weighted by atomic mass is 79.9. The number of para-hydroxylation sites is 1. The maximum Gasteiger partial charge on any atom is 0.0866 e. The summed E-state index contributed by atoms with van der Waals surface area (Å²) in [4.78, 5) is 4.51. The van der Waals surface area contributed by atoms with E-state index in [0.717, 1.165) is 24.0 Å². The van der Waals surface area contributed by atoms with Crippen LogP contribution in [0, 0.1) is 11.3 Å². The Morgan fingerprint density at radius 3 is 3.00 bits per heavy atom. The minimum Gasteiger partial charge on any atom is -0.369 e. The third kappa shape index (κ3) is 2.80. The topological polar surface area (TPSA) is 30.3 Å². The minimum atomic E-state index is 0.488. The summed E-state index contributed by atoms with van der Waals surface area (Å²) < 4.78 is 1.14. The average molecular weight is 294 g/mol. The quantitative estimate of drug-likeness (QED) is 0.802. The second kappa shape index (κ2) is 5.52. The molecule has 1 heterocycles. The first kappa shape index (κ1) is 12.4. The van der Waals surface area contributed by atoms with Gasteiger partial charge in [0, 0.05) is 23.6 Å². The molecule has 1 aliphatic heterocycles. The number of rotatable bonds is 3. The van der Waals surface area contributed by atoms with Crippen molar-refractivity contribution in [2.24, 2.45) is 0 Å². The zero-order valence-corrected chi connectivity index (χ0v) is 11.5. The van der Waals surface area contributed by atoms with Gasteiger partial charge < -0.3 is 4.90 Å². The second-order valence-electron chi connectivity index (χ2n) is 4.41. The molecule has 0 amide bonds. The first-order valence-corrected chi connectivity index (χ1v) is 6.58. The van der Waals surface area contributed by atoms with Crippen LogP contribution in [-0.4, -0.2) is 37.6 Å². The highest BCUT2D eigenvalue weighted by molar-refractivity contribution is 9.10. The fraction of sp³-hybridized carbons (Fsp3) is 0.462. The summed E-state index contributed by atoms with van der Waals surface area (Å²) in [5.74, 6) is 0. The largest absolute Gasteiger partial charge is 0.369 e. The number of hydrogen-bond donors (Lipinski definition) is 0. The molecular formula is C13H16BrN3. The highest BCUT2D eigenvalue weighted by Gasteiger charge is 2.26. The van der Waals surface area contributed by atoms with Crippen LogP contribution in [0.15, 0.2) is 28.7 Å². The predicted octanol–water partition coefficient (Wildman–Crippen LogP) is 2.48. The molecule has 1 aromatic carbocycles. The zero-order chi connectivity index (χ0) is 12.3. The lowest BCUT2D eigenvalue weighted by atomic mass is 10.2. The van der Waals surface area contributed by atoms with Crippen LogP contribution in [0.3, 0.4) is 0 Å². The van der Waals surface area contributed by atoms with Crippen molar-refractivity contribution < 1.29 is 0 Å². The van der Waals surface area contributed by atoms with Gasteiger partial charge in [0.05, 0.1) is 18.3 Å². The van der Waals surface area contributed by atoms with E-state index >= 15 is 0 Å². The second-order valence-corrected chi connectivity index (χ2v) is 5.27. The Labute approximate surface area is 111 Å². The maximum absolute atomic E-state index is 8.71. The summed E-state index contributed by atoms with van der Waals surface area (Å²) in [6.07, 6.45) is 1.12. The van der Waals surface area contributed by atoms with Gasteiger partial charge in [0.2, 0.25) is 0 Å². The van der Waals surface area contributed by atoms with Crippen molar-refractivity contribution in [2.75, 3.05) is 31.6 Å². The van der Waals surface area contributed by atoms with E-state index in [1.54, 1.807) is 0 Å². The maximum atomic E-state index is 8.71. The van der Waals surface area contributed by atoms with Crippen molar-refractivity contribution in [3.8, 4) is 6.07 Å². The summed E-state index contributed by atoms with van der Waals surface area (Å²) in [5, 5.41) is 8.71. The third-order valence-electron chi connectivity index (χ3n) is 3.30. The number of nitriles is 1. The van der Waals surface area contributed by atoms with Crippen LogP contribution < -0.4 is 4.90 Å². The molecule has 90 valence electrons. The molecule has 0 N–H and O–H groups in total. The molecular weight excluding hydrogens is 278 g/mol. The van der Waals surface area contributed by atoms with Gasteiger partial charge in [0.25, 0.3) is 0 Å². The van der Waals surface area contributed by atoms with Crippen molar-refractivity contribution in [3.63, 3.8) is 0 Å². The first-order valence-electron chi connectivity index (χ1n) is 5.79. The Morgan fingerprint density at radius 1 is 1.53 bits per heavy atom. The van der Waals surface area contributed by atoms with Gasteiger partial charge in [-0.15, -0.1) is 0 Å². The van der Waals surface area contributed by atoms with Crippen LogP contribution in [-0.2, 0) is 0 Å². The Hall–Kier alpha value is -1.05. The summed E-state index contributed by atoms with van der Waals surface area (Å²) in [6.45, 7) is 2.57. The van der Waals surface area contributed by atoms with Gasteiger partial charge >= 0.3 is 0 Å². The number of halogens is 1. The molecule has 0 saturated carbocycles. The van der Waals surface area contributed by atoms with Crippen LogP contribution in [0.1, 0.15) is 6.42 Å². The van der Waals surface area contributed by atoms with Gasteiger partial charge in [-0.25, -0.2) is 0 Å². The molecule has 4 heteroatoms. The van der Waals surface area contributed by atoms with Gasteiger partial charge in [-0.1, -0.05) is 12.1 Å². The number of benzene rings is 1. The molecule has 1 saturated heterocycles. The number of hydrogen-bond acceptors (Lipinski definition) is 3. The lowest BCUT2D eigenvalue weighted by molar-refractivity contribution is 0.289. The smallest absolute Gasteiger partial charge is 0.0866 e. The monoisotopic (exact) mass is 293 g/mol. The van der Waals surface area contributed by atoms with Crippen molar-refractivity contribution in [2.45, 2.75) is 12.5 Å². The highest BCUT2D eigenvalue weighted by Crippen LogP contribution is 2.29. The molecule has 0 aliphatic carbocycles. The number of likely N-dealkylation sites (N-methyl/N-ethyl adjacent to an activating group) is 1. The van der Waals surface area contributed by atoms with Gasteiger partial charge in [0.1, 0.15) is 0 Å². The molecule has 0 radical (unpaired) electrons. The SMILES string of the molecule is CN(CC#N)C1CCN(c2ccccc2Br)C1. The van der Waals surface area contributed by atoms with Gasteiger partial charge in [0.15, 0.2) is 0 Å². The first-order chi connectivity index (χ1) is 8.22. The standard InChI is InChI=1S/C13H16BrN3/c1-16(9-7-15)11-6-8-17(10-11)13-5-3-2-4-12(13)14/h2-5,11H,6,8-10H2,1H3. The van der Waals surface area contributed by atoms with E-state index < -0.39 is 0 Å². The summed E-state index contributed by atoms with van der Waals surface area (Å²) >= 11 is 3.59. The number of anilines is 1. The van der Waals surface area contributed by atoms with E-state index in [4.69, 9.17) is 5.26 Å². The van der Waals surface area contributed by atoms with Gasteiger partial charge in [-0.3, -0.25) is 4.90 Å². The van der Waals surface area contributed by atoms with Crippen molar-refractivity contribution >= 4 is 21.6 Å². The van der Waals surface area contributed by atoms with Crippen LogP contribution in [0.25, 0.3) is 0 Å². The van der Waals surface area contributed by atoms with Gasteiger partial charge in [-0.05, 0) is 41.5 Å². The van der Waals surface area contributed by atoms with E-state index in [1.807, 2.05) is 13.1 Å². The molecule has 17 heavy (non-hydrogen) atoms. The molecule has 0 spiro atoms. The van der Waals surface area contributed by atoms with Crippen LogP contribution in [0.4, 0.5) is 5.69 Å². The Morgan fingerprint density at radius 2 is 2.29 bits per heavy atom. The molecule has 0 aromatic heterocycles. The van der Waals surface area contributed by atoms with E-state index in [2.05, 4.69) is 50.0 Å². The van der Waals surface area contributed by atoms with E-state index in [-0.39, 0.29) is 0 Å². The normalized spacial score (nSPS) is 19.6. The van der Waals surface area contributed by atoms with Crippen molar-refractivity contribution in [3.05, 3.63) is 28.7 Å². The Balaban J connectivity index is 2.04. The average Bonchev–Trinajstić information content (AvgIpc) is 2.79. The number of nitrogens with zero attached hydrogens (tertiary/aromatic N) is 3. The fourth-order valence-electron chi connectivity index (χ4n) is 2.27. The molecule has 1 aromatic rings. The van der Waals surface area contributed by atoms with Crippen molar-refractivity contribution in [1.82, 2.24) is 4.90 Å². The minimum absolute atomic E-state index is 0.488. The van der Waals surface area contributed by atoms with Crippen LogP contribution in [0.2, 0.25) is 0 Å². The van der Waals surface area contributed by atoms with E-state index in [0.29, 0.717) is 12.6 Å². The molecule has 3 nitrogen and oxygen atoms in total. The molecule has 1 aliphatic rings. The predicted molar refractivity (Wildman–Crippen MR) is 73.0 cm³/mol. The molecule has 0 bridgehead atoms. The van der Waals surface area contributed by atoms with Crippen LogP contribution in [0.5, 0.6) is 0 Å². The summed E-state index contributed by atoms with van der Waals surface area (Å²) in [6, 6.07) is 11.0. The molecule has 2 rings (SSSR count). The third-order valence-corrected chi connectivity index (χ3v) is 3.97. The summed E-state index contributed by atoms with van der Waals surface area (Å²) in [7, 11) is 2.03. The molecule has 1 atom stereocenters. The van der Waals surface area contributed by atoms with Crippen LogP contribution >= 0.6 is 15.9 Å². The lowest BCUT2D eigenvalue weighted by Gasteiger charge is -2.23. The van der Waals surface area contributed by atoms with E-state index in [9.17, 15) is 0 Å². The Kier molecular flexibility index (Phi) is 4.03. The van der Waals surface area contributed by atoms with Crippen molar-refractivity contribution in [1.29, 1.82) is 5.26 Å². The van der Waals surface area contributed by atoms with Gasteiger partial charge in [-0.2, -0.15) is 5.26 Å². The fourth-order valence-corrected chi connectivity index (χ4v) is 2.80. The molecule has 1 fully saturated rings. The Bertz CT molecular complexity index is 427. The zero-order valence-electron chi connectivity index (χ0n) is 9.93. The lowest BCUT2D eigenvalue weighted by Crippen LogP contribution is -2.34. The molecule has 1 unspecified atom stereocenters. The summed E-state index contributed by atoms with van der Waals surface area (Å²) in [5.41, 5.74) is 1.25.